The Bertz CT molecular complexity index is 373. The van der Waals surface area contributed by atoms with E-state index >= 15 is 0 Å². The molecule has 0 aliphatic rings. The molecule has 2 nitrogen and oxygen atoms in total. The molecule has 0 spiro atoms. The van der Waals surface area contributed by atoms with Gasteiger partial charge in [-0.2, -0.15) is 13.2 Å². The van der Waals surface area contributed by atoms with Crippen LogP contribution in [0.3, 0.4) is 0 Å². The monoisotopic (exact) mass is 222 g/mol. The molecule has 0 atom stereocenters. The first-order chi connectivity index (χ1) is 6.32. The number of halogens is 4. The molecular weight excluding hydrogens is 217 g/mol. The number of amidine groups is 1. The third-order valence-electron chi connectivity index (χ3n) is 1.58. The molecule has 76 valence electrons. The van der Waals surface area contributed by atoms with Crippen LogP contribution in [0.1, 0.15) is 11.1 Å². The Morgan fingerprint density at radius 3 is 2.36 bits per heavy atom. The predicted octanol–water partition coefficient (Wildman–Crippen LogP) is 2.64. The zero-order valence-corrected chi connectivity index (χ0v) is 7.58. The smallest absolute Gasteiger partial charge is 0.384 e. The highest BCUT2D eigenvalue weighted by Gasteiger charge is 2.34. The van der Waals surface area contributed by atoms with Gasteiger partial charge in [0, 0.05) is 10.6 Å². The lowest BCUT2D eigenvalue weighted by molar-refractivity contribution is -0.137. The molecule has 3 N–H and O–H groups in total. The van der Waals surface area contributed by atoms with Crippen LogP contribution in [0, 0.1) is 5.41 Å². The molecule has 0 aliphatic heterocycles. The van der Waals surface area contributed by atoms with Crippen molar-refractivity contribution >= 4 is 17.4 Å². The van der Waals surface area contributed by atoms with Gasteiger partial charge in [0.15, 0.2) is 0 Å². The van der Waals surface area contributed by atoms with Gasteiger partial charge in [-0.15, -0.1) is 0 Å². The van der Waals surface area contributed by atoms with E-state index in [9.17, 15) is 13.2 Å². The molecule has 1 aromatic rings. The topological polar surface area (TPSA) is 49.9 Å². The number of hydrogen-bond donors (Lipinski definition) is 2. The molecule has 1 aromatic carbocycles. The number of alkyl halides is 3. The molecule has 0 aromatic heterocycles. The molecule has 0 saturated carbocycles. The largest absolute Gasteiger partial charge is 0.417 e. The number of benzene rings is 1. The van der Waals surface area contributed by atoms with Crippen molar-refractivity contribution in [3.05, 3.63) is 34.3 Å². The first-order valence-corrected chi connectivity index (χ1v) is 3.91. The molecule has 0 aliphatic carbocycles. The Hall–Kier alpha value is -1.23. The minimum absolute atomic E-state index is 0.0395. The van der Waals surface area contributed by atoms with Crippen LogP contribution in [0.15, 0.2) is 18.2 Å². The summed E-state index contributed by atoms with van der Waals surface area (Å²) < 4.78 is 37.1. The van der Waals surface area contributed by atoms with Crippen LogP contribution >= 0.6 is 11.6 Å². The number of nitrogens with two attached hydrogens (primary N) is 1. The van der Waals surface area contributed by atoms with Gasteiger partial charge in [-0.3, -0.25) is 5.41 Å². The van der Waals surface area contributed by atoms with E-state index in [2.05, 4.69) is 0 Å². The maximum absolute atomic E-state index is 12.4. The summed E-state index contributed by atoms with van der Waals surface area (Å²) in [7, 11) is 0. The normalized spacial score (nSPS) is 11.4. The van der Waals surface area contributed by atoms with Crippen LogP contribution in [0.2, 0.25) is 5.02 Å². The predicted molar refractivity (Wildman–Crippen MR) is 47.5 cm³/mol. The Morgan fingerprint density at radius 2 is 1.93 bits per heavy atom. The van der Waals surface area contributed by atoms with Crippen molar-refractivity contribution in [2.75, 3.05) is 0 Å². The molecule has 0 radical (unpaired) electrons. The van der Waals surface area contributed by atoms with Crippen LogP contribution in [0.4, 0.5) is 13.2 Å². The minimum Gasteiger partial charge on any atom is -0.384 e. The second-order valence-corrected chi connectivity index (χ2v) is 3.04. The molecule has 1 rings (SSSR count). The van der Waals surface area contributed by atoms with Gasteiger partial charge in [0.2, 0.25) is 0 Å². The first-order valence-electron chi connectivity index (χ1n) is 3.53. The SMILES string of the molecule is N=C(N)c1ccc(Cl)cc1C(F)(F)F. The third-order valence-corrected chi connectivity index (χ3v) is 1.81. The molecule has 0 fully saturated rings. The van der Waals surface area contributed by atoms with Crippen molar-refractivity contribution in [3.8, 4) is 0 Å². The lowest BCUT2D eigenvalue weighted by atomic mass is 10.1. The van der Waals surface area contributed by atoms with Gasteiger partial charge in [0.05, 0.1) is 5.56 Å². The van der Waals surface area contributed by atoms with E-state index in [-0.39, 0.29) is 10.6 Å². The van der Waals surface area contributed by atoms with Crippen molar-refractivity contribution < 1.29 is 13.2 Å². The molecule has 0 amide bonds. The average Bonchev–Trinajstić information content (AvgIpc) is 2.01. The maximum atomic E-state index is 12.4. The second-order valence-electron chi connectivity index (χ2n) is 2.60. The quantitative estimate of drug-likeness (QED) is 0.557. The zero-order valence-electron chi connectivity index (χ0n) is 6.82. The van der Waals surface area contributed by atoms with Crippen molar-refractivity contribution in [2.24, 2.45) is 5.73 Å². The molecule has 6 heteroatoms. The van der Waals surface area contributed by atoms with Gasteiger partial charge in [0.1, 0.15) is 5.84 Å². The van der Waals surface area contributed by atoms with E-state index in [1.807, 2.05) is 0 Å². The highest BCUT2D eigenvalue weighted by atomic mass is 35.5. The van der Waals surface area contributed by atoms with E-state index in [0.717, 1.165) is 12.1 Å². The fraction of sp³-hybridized carbons (Fsp3) is 0.125. The summed E-state index contributed by atoms with van der Waals surface area (Å²) in [4.78, 5) is 0. The summed E-state index contributed by atoms with van der Waals surface area (Å²) in [6.45, 7) is 0. The summed E-state index contributed by atoms with van der Waals surface area (Å²) in [5.41, 5.74) is 3.65. The van der Waals surface area contributed by atoms with Gasteiger partial charge in [-0.25, -0.2) is 0 Å². The molecular formula is C8H6ClF3N2. The third kappa shape index (κ3) is 2.17. The van der Waals surface area contributed by atoms with E-state index in [1.165, 1.54) is 6.07 Å². The number of rotatable bonds is 1. The molecule has 0 unspecified atom stereocenters. The first kappa shape index (κ1) is 10.8. The van der Waals surface area contributed by atoms with Gasteiger partial charge in [-0.05, 0) is 18.2 Å². The van der Waals surface area contributed by atoms with Crippen molar-refractivity contribution in [1.29, 1.82) is 5.41 Å². The zero-order chi connectivity index (χ0) is 10.9. The highest BCUT2D eigenvalue weighted by Crippen LogP contribution is 2.33. The van der Waals surface area contributed by atoms with Crippen LogP contribution in [0.25, 0.3) is 0 Å². The molecule has 0 saturated heterocycles. The van der Waals surface area contributed by atoms with E-state index < -0.39 is 17.6 Å². The van der Waals surface area contributed by atoms with E-state index in [1.54, 1.807) is 0 Å². The van der Waals surface area contributed by atoms with Gasteiger partial charge < -0.3 is 5.73 Å². The summed E-state index contributed by atoms with van der Waals surface area (Å²) >= 11 is 5.42. The van der Waals surface area contributed by atoms with Crippen LogP contribution in [-0.2, 0) is 6.18 Å². The van der Waals surface area contributed by atoms with E-state index in [0.29, 0.717) is 0 Å². The Morgan fingerprint density at radius 1 is 1.36 bits per heavy atom. The van der Waals surface area contributed by atoms with Crippen LogP contribution in [0.5, 0.6) is 0 Å². The molecule has 0 bridgehead atoms. The fourth-order valence-electron chi connectivity index (χ4n) is 0.986. The van der Waals surface area contributed by atoms with Crippen molar-refractivity contribution in [3.63, 3.8) is 0 Å². The lowest BCUT2D eigenvalue weighted by Gasteiger charge is -2.11. The Kier molecular flexibility index (Phi) is 2.71. The Labute approximate surface area is 83.0 Å². The molecule has 0 heterocycles. The molecule has 14 heavy (non-hydrogen) atoms. The summed E-state index contributed by atoms with van der Waals surface area (Å²) in [5.74, 6) is -0.631. The fourth-order valence-corrected chi connectivity index (χ4v) is 1.16. The summed E-state index contributed by atoms with van der Waals surface area (Å²) in [6, 6.07) is 3.08. The summed E-state index contributed by atoms with van der Waals surface area (Å²) in [6.07, 6.45) is -4.55. The Balaban J connectivity index is 3.38. The number of nitrogens with one attached hydrogen (secondary N) is 1. The van der Waals surface area contributed by atoms with Crippen LogP contribution < -0.4 is 5.73 Å². The van der Waals surface area contributed by atoms with Gasteiger partial charge in [0.25, 0.3) is 0 Å². The lowest BCUT2D eigenvalue weighted by Crippen LogP contribution is -2.18. The highest BCUT2D eigenvalue weighted by molar-refractivity contribution is 6.30. The second kappa shape index (κ2) is 3.49. The van der Waals surface area contributed by atoms with Crippen molar-refractivity contribution in [2.45, 2.75) is 6.18 Å². The summed E-state index contributed by atoms with van der Waals surface area (Å²) in [5, 5.41) is 6.92. The van der Waals surface area contributed by atoms with Crippen molar-refractivity contribution in [1.82, 2.24) is 0 Å². The van der Waals surface area contributed by atoms with Crippen LogP contribution in [-0.4, -0.2) is 5.84 Å². The average molecular weight is 223 g/mol. The minimum atomic E-state index is -4.55. The van der Waals surface area contributed by atoms with E-state index in [4.69, 9.17) is 22.7 Å². The number of nitrogen functional groups attached to an aromatic ring is 1. The number of hydrogen-bond acceptors (Lipinski definition) is 1. The standard InChI is InChI=1S/C8H6ClF3N2/c9-4-1-2-5(7(13)14)6(3-4)8(10,11)12/h1-3H,(H3,13,14). The maximum Gasteiger partial charge on any atom is 0.417 e. The van der Waals surface area contributed by atoms with Gasteiger partial charge in [-0.1, -0.05) is 11.6 Å². The van der Waals surface area contributed by atoms with Gasteiger partial charge >= 0.3 is 6.18 Å².